The van der Waals surface area contributed by atoms with Crippen molar-refractivity contribution in [3.8, 4) is 5.88 Å². The van der Waals surface area contributed by atoms with Crippen LogP contribution in [0.25, 0.3) is 10.8 Å². The molecule has 12 heteroatoms. The fourth-order valence-corrected chi connectivity index (χ4v) is 5.62. The molecule has 1 aliphatic heterocycles. The Morgan fingerprint density at radius 3 is 2.42 bits per heavy atom. The molecule has 0 radical (unpaired) electrons. The van der Waals surface area contributed by atoms with Gasteiger partial charge in [-0.05, 0) is 67.1 Å². The molecule has 0 saturated carbocycles. The molecule has 40 heavy (non-hydrogen) atoms. The number of hydrogen-bond donors (Lipinski definition) is 2. The molecule has 1 saturated heterocycles. The molecule has 1 unspecified atom stereocenters. The number of rotatable bonds is 9. The summed E-state index contributed by atoms with van der Waals surface area (Å²) in [4.78, 5) is 19.1. The van der Waals surface area contributed by atoms with Gasteiger partial charge in [-0.3, -0.25) is 9.69 Å². The Labute approximate surface area is 231 Å². The number of halogens is 3. The van der Waals surface area contributed by atoms with Gasteiger partial charge in [-0.1, -0.05) is 19.1 Å². The Kier molecular flexibility index (Phi) is 9.01. The van der Waals surface area contributed by atoms with Crippen molar-refractivity contribution in [3.05, 3.63) is 65.4 Å². The van der Waals surface area contributed by atoms with Crippen LogP contribution in [0.4, 0.5) is 13.2 Å². The summed E-state index contributed by atoms with van der Waals surface area (Å²) in [6, 6.07) is 12.1. The minimum Gasteiger partial charge on any atom is -0.474 e. The van der Waals surface area contributed by atoms with Crippen molar-refractivity contribution in [3.63, 3.8) is 0 Å². The first-order chi connectivity index (χ1) is 18.9. The number of nitrogens with zero attached hydrogens (tertiary/aromatic N) is 2. The van der Waals surface area contributed by atoms with Gasteiger partial charge in [0, 0.05) is 29.7 Å². The highest BCUT2D eigenvalue weighted by molar-refractivity contribution is 7.91. The first kappa shape index (κ1) is 29.8. The SMILES string of the molecule is CCS(=O)(=O)c1ccc(C(CO)NC(=O)c2ccc3c(OC4CCN(CC(F)(F)F)CC4)nc(C)cc3c2)cc1. The van der Waals surface area contributed by atoms with Gasteiger partial charge in [0.05, 0.1) is 29.8 Å². The van der Waals surface area contributed by atoms with Gasteiger partial charge in [-0.2, -0.15) is 13.2 Å². The molecule has 1 aliphatic rings. The van der Waals surface area contributed by atoms with E-state index in [4.69, 9.17) is 4.74 Å². The number of fused-ring (bicyclic) bond motifs is 1. The van der Waals surface area contributed by atoms with Crippen LogP contribution in [0.15, 0.2) is 53.4 Å². The molecule has 2 N–H and O–H groups in total. The number of aryl methyl sites for hydroxylation is 1. The third-order valence-corrected chi connectivity index (χ3v) is 8.66. The van der Waals surface area contributed by atoms with Crippen molar-refractivity contribution >= 4 is 26.5 Å². The Morgan fingerprint density at radius 2 is 1.82 bits per heavy atom. The zero-order valence-corrected chi connectivity index (χ0v) is 23.1. The summed E-state index contributed by atoms with van der Waals surface area (Å²) in [7, 11) is -3.37. The van der Waals surface area contributed by atoms with Crippen molar-refractivity contribution in [1.29, 1.82) is 0 Å². The summed E-state index contributed by atoms with van der Waals surface area (Å²) in [5.41, 5.74) is 1.56. The van der Waals surface area contributed by atoms with E-state index in [2.05, 4.69) is 10.3 Å². The molecule has 216 valence electrons. The normalized spacial score (nSPS) is 16.1. The molecule has 2 aromatic carbocycles. The number of aromatic nitrogens is 1. The average Bonchev–Trinajstić information content (AvgIpc) is 2.91. The summed E-state index contributed by atoms with van der Waals surface area (Å²) in [5.74, 6) is -0.0935. The molecule has 1 atom stereocenters. The second-order valence-corrected chi connectivity index (χ2v) is 12.2. The maximum atomic E-state index is 13.1. The number of ether oxygens (including phenoxy) is 1. The van der Waals surface area contributed by atoms with E-state index >= 15 is 0 Å². The second kappa shape index (κ2) is 12.1. The first-order valence-corrected chi connectivity index (χ1v) is 14.7. The van der Waals surface area contributed by atoms with E-state index in [0.717, 1.165) is 0 Å². The van der Waals surface area contributed by atoms with Gasteiger partial charge in [-0.25, -0.2) is 13.4 Å². The minimum absolute atomic E-state index is 0.0303. The van der Waals surface area contributed by atoms with E-state index < -0.39 is 34.5 Å². The van der Waals surface area contributed by atoms with E-state index in [1.54, 1.807) is 50.2 Å². The molecule has 0 bridgehead atoms. The number of carbonyl (C=O) groups is 1. The lowest BCUT2D eigenvalue weighted by Crippen LogP contribution is -2.42. The van der Waals surface area contributed by atoms with E-state index in [0.29, 0.717) is 46.3 Å². The fraction of sp³-hybridized carbons (Fsp3) is 0.429. The van der Waals surface area contributed by atoms with Crippen LogP contribution in [-0.4, -0.2) is 73.6 Å². The number of nitrogens with one attached hydrogen (secondary N) is 1. The number of likely N-dealkylation sites (tertiary alicyclic amines) is 1. The average molecular weight is 580 g/mol. The third kappa shape index (κ3) is 7.29. The van der Waals surface area contributed by atoms with Crippen molar-refractivity contribution < 1.29 is 36.2 Å². The van der Waals surface area contributed by atoms with Crippen molar-refractivity contribution in [2.75, 3.05) is 32.0 Å². The third-order valence-electron chi connectivity index (χ3n) is 6.91. The largest absolute Gasteiger partial charge is 0.474 e. The number of amides is 1. The van der Waals surface area contributed by atoms with Gasteiger partial charge in [0.2, 0.25) is 5.88 Å². The van der Waals surface area contributed by atoms with Gasteiger partial charge in [0.15, 0.2) is 9.84 Å². The maximum Gasteiger partial charge on any atom is 0.401 e. The predicted octanol–water partition coefficient (Wildman–Crippen LogP) is 4.21. The van der Waals surface area contributed by atoms with Crippen LogP contribution in [0.1, 0.15) is 47.4 Å². The molecular formula is C28H32F3N3O5S. The minimum atomic E-state index is -4.23. The van der Waals surface area contributed by atoms with Crippen LogP contribution in [0.3, 0.4) is 0 Å². The molecule has 0 spiro atoms. The predicted molar refractivity (Wildman–Crippen MR) is 144 cm³/mol. The fourth-order valence-electron chi connectivity index (χ4n) is 4.73. The van der Waals surface area contributed by atoms with Gasteiger partial charge in [-0.15, -0.1) is 0 Å². The lowest BCUT2D eigenvalue weighted by molar-refractivity contribution is -0.149. The van der Waals surface area contributed by atoms with Crippen LogP contribution >= 0.6 is 0 Å². The molecule has 3 aromatic rings. The van der Waals surface area contributed by atoms with Crippen molar-refractivity contribution in [2.45, 2.75) is 49.9 Å². The standard InChI is InChI=1S/C28H32F3N3O5S/c1-3-40(37,38)23-7-4-19(5-8-23)25(16-35)33-26(36)20-6-9-24-21(15-20)14-18(2)32-27(24)39-22-10-12-34(13-11-22)17-28(29,30)31/h4-9,14-15,22,25,35H,3,10-13,16-17H2,1-2H3,(H,33,36). The number of pyridine rings is 1. The molecule has 1 amide bonds. The smallest absolute Gasteiger partial charge is 0.401 e. The quantitative estimate of drug-likeness (QED) is 0.391. The number of hydrogen-bond acceptors (Lipinski definition) is 7. The summed E-state index contributed by atoms with van der Waals surface area (Å²) in [6.07, 6.45) is -3.61. The summed E-state index contributed by atoms with van der Waals surface area (Å²) in [5, 5.41) is 14.1. The van der Waals surface area contributed by atoms with Crippen molar-refractivity contribution in [2.24, 2.45) is 0 Å². The van der Waals surface area contributed by atoms with E-state index in [1.165, 1.54) is 17.0 Å². The highest BCUT2D eigenvalue weighted by atomic mass is 32.2. The van der Waals surface area contributed by atoms with Gasteiger partial charge >= 0.3 is 6.18 Å². The monoisotopic (exact) mass is 579 g/mol. The summed E-state index contributed by atoms with van der Waals surface area (Å²) < 4.78 is 68.3. The summed E-state index contributed by atoms with van der Waals surface area (Å²) in [6.45, 7) is 2.58. The lowest BCUT2D eigenvalue weighted by atomic mass is 10.0. The molecule has 4 rings (SSSR count). The molecule has 1 fully saturated rings. The van der Waals surface area contributed by atoms with Crippen LogP contribution in [-0.2, 0) is 9.84 Å². The first-order valence-electron chi connectivity index (χ1n) is 13.0. The van der Waals surface area contributed by atoms with E-state index in [-0.39, 0.29) is 36.4 Å². The number of aliphatic hydroxyl groups is 1. The molecular weight excluding hydrogens is 547 g/mol. The number of carbonyl (C=O) groups excluding carboxylic acids is 1. The van der Waals surface area contributed by atoms with Crippen molar-refractivity contribution in [1.82, 2.24) is 15.2 Å². The van der Waals surface area contributed by atoms with Crippen LogP contribution < -0.4 is 10.1 Å². The molecule has 1 aromatic heterocycles. The number of aliphatic hydroxyl groups excluding tert-OH is 1. The Hall–Kier alpha value is -3.22. The second-order valence-electron chi connectivity index (χ2n) is 9.89. The lowest BCUT2D eigenvalue weighted by Gasteiger charge is -2.32. The van der Waals surface area contributed by atoms with Gasteiger partial charge < -0.3 is 15.2 Å². The number of alkyl halides is 3. The summed E-state index contributed by atoms with van der Waals surface area (Å²) >= 11 is 0. The van der Waals surface area contributed by atoms with Gasteiger partial charge in [0.1, 0.15) is 6.10 Å². The highest BCUT2D eigenvalue weighted by Crippen LogP contribution is 2.29. The van der Waals surface area contributed by atoms with Crippen LogP contribution in [0.2, 0.25) is 0 Å². The molecule has 8 nitrogen and oxygen atoms in total. The highest BCUT2D eigenvalue weighted by Gasteiger charge is 2.33. The van der Waals surface area contributed by atoms with E-state index in [9.17, 15) is 31.5 Å². The molecule has 0 aliphatic carbocycles. The zero-order chi connectivity index (χ0) is 29.1. The Balaban J connectivity index is 1.47. The topological polar surface area (TPSA) is 109 Å². The Bertz CT molecular complexity index is 1450. The number of benzene rings is 2. The zero-order valence-electron chi connectivity index (χ0n) is 22.2. The van der Waals surface area contributed by atoms with Crippen LogP contribution in [0.5, 0.6) is 5.88 Å². The van der Waals surface area contributed by atoms with Gasteiger partial charge in [0.25, 0.3) is 5.91 Å². The Morgan fingerprint density at radius 1 is 1.15 bits per heavy atom. The number of piperidine rings is 1. The maximum absolute atomic E-state index is 13.1. The van der Waals surface area contributed by atoms with E-state index in [1.807, 2.05) is 0 Å². The van der Waals surface area contributed by atoms with Crippen LogP contribution in [0, 0.1) is 6.92 Å². The molecule has 2 heterocycles. The number of sulfone groups is 1.